The van der Waals surface area contributed by atoms with E-state index in [-0.39, 0.29) is 29.9 Å². The number of phenolic OH excluding ortho intramolecular Hbond substituents is 4. The Hall–Kier alpha value is -5.18. The summed E-state index contributed by atoms with van der Waals surface area (Å²) in [5.41, 5.74) is 2.78. The van der Waals surface area contributed by atoms with Gasteiger partial charge in [-0.25, -0.2) is 0 Å². The third-order valence-corrected chi connectivity index (χ3v) is 6.96. The molecule has 0 fully saturated rings. The standard InChI is InChI=1S/C36H36O8/c1-4-8-22-13-15-26(16-14-22)44-36-28(24(10-6-3)18-30(38)35(36)42)21-31(39)33(40)25-19-29(37)34(41)32(20-25)43-27-12-7-11-23(17-27)9-5-2/h4-7,9,11-20,31,33,37-42H,1,3,8,10,21H2,2H3. The fourth-order valence-corrected chi connectivity index (χ4v) is 4.78. The van der Waals surface area contributed by atoms with E-state index < -0.39 is 35.2 Å². The third kappa shape index (κ3) is 7.42. The maximum absolute atomic E-state index is 11.2. The van der Waals surface area contributed by atoms with Crippen LogP contribution in [0.2, 0.25) is 0 Å². The molecule has 4 aromatic rings. The molecule has 8 nitrogen and oxygen atoms in total. The highest BCUT2D eigenvalue weighted by atomic mass is 16.5. The van der Waals surface area contributed by atoms with Crippen molar-refractivity contribution in [1.29, 1.82) is 0 Å². The van der Waals surface area contributed by atoms with Crippen molar-refractivity contribution < 1.29 is 40.1 Å². The van der Waals surface area contributed by atoms with Gasteiger partial charge in [0.2, 0.25) is 11.5 Å². The van der Waals surface area contributed by atoms with Crippen molar-refractivity contribution in [3.63, 3.8) is 0 Å². The maximum Gasteiger partial charge on any atom is 0.201 e. The number of hydrogen-bond donors (Lipinski definition) is 6. The van der Waals surface area contributed by atoms with Crippen LogP contribution < -0.4 is 9.47 Å². The second-order valence-electron chi connectivity index (χ2n) is 10.2. The number of ether oxygens (including phenoxy) is 2. The minimum atomic E-state index is -1.56. The van der Waals surface area contributed by atoms with Gasteiger partial charge in [-0.2, -0.15) is 0 Å². The highest BCUT2D eigenvalue weighted by molar-refractivity contribution is 5.60. The molecule has 8 heteroatoms. The molecule has 228 valence electrons. The number of hydrogen-bond acceptors (Lipinski definition) is 8. The molecule has 0 aromatic heterocycles. The normalized spacial score (nSPS) is 12.5. The maximum atomic E-state index is 11.2. The SMILES string of the molecule is C=CCc1ccc(Oc2c(O)c(O)cc(CC=C)c2CC(O)C(O)c2cc(O)c(O)c(Oc3cccc(C=CC)c3)c2)cc1. The summed E-state index contributed by atoms with van der Waals surface area (Å²) in [6.07, 6.45) is 4.79. The summed E-state index contributed by atoms with van der Waals surface area (Å²) in [6.45, 7) is 9.37. The van der Waals surface area contributed by atoms with Crippen molar-refractivity contribution in [2.45, 2.75) is 38.4 Å². The van der Waals surface area contributed by atoms with Gasteiger partial charge in [-0.1, -0.05) is 48.6 Å². The van der Waals surface area contributed by atoms with Crippen LogP contribution in [0.1, 0.15) is 40.8 Å². The molecule has 4 aromatic carbocycles. The van der Waals surface area contributed by atoms with Crippen LogP contribution in [-0.4, -0.2) is 36.7 Å². The number of aliphatic hydroxyl groups excluding tert-OH is 2. The predicted molar refractivity (Wildman–Crippen MR) is 170 cm³/mol. The first-order valence-corrected chi connectivity index (χ1v) is 14.0. The molecule has 0 saturated heterocycles. The molecule has 44 heavy (non-hydrogen) atoms. The largest absolute Gasteiger partial charge is 0.504 e. The Morgan fingerprint density at radius 3 is 2.16 bits per heavy atom. The first-order chi connectivity index (χ1) is 21.1. The molecule has 0 bridgehead atoms. The molecular formula is C36H36O8. The minimum absolute atomic E-state index is 0.0703. The molecule has 0 aliphatic carbocycles. The van der Waals surface area contributed by atoms with Crippen molar-refractivity contribution >= 4 is 6.08 Å². The van der Waals surface area contributed by atoms with Gasteiger partial charge in [-0.3, -0.25) is 0 Å². The number of aromatic hydroxyl groups is 4. The summed E-state index contributed by atoms with van der Waals surface area (Å²) in [6, 6.07) is 18.0. The van der Waals surface area contributed by atoms with Crippen molar-refractivity contribution in [2.75, 3.05) is 0 Å². The number of rotatable bonds is 13. The van der Waals surface area contributed by atoms with E-state index in [0.29, 0.717) is 29.0 Å². The van der Waals surface area contributed by atoms with Gasteiger partial charge in [0.15, 0.2) is 23.0 Å². The Balaban J connectivity index is 1.66. The molecule has 0 spiro atoms. The topological polar surface area (TPSA) is 140 Å². The first kappa shape index (κ1) is 31.7. The van der Waals surface area contributed by atoms with Gasteiger partial charge >= 0.3 is 0 Å². The minimum Gasteiger partial charge on any atom is -0.504 e. The molecule has 0 aliphatic heterocycles. The Kier molecular flexibility index (Phi) is 10.3. The number of phenols is 4. The predicted octanol–water partition coefficient (Wildman–Crippen LogP) is 7.22. The van der Waals surface area contributed by atoms with E-state index in [1.807, 2.05) is 37.3 Å². The van der Waals surface area contributed by atoms with Crippen LogP contribution in [0, 0.1) is 0 Å². The lowest BCUT2D eigenvalue weighted by Crippen LogP contribution is -2.22. The van der Waals surface area contributed by atoms with Crippen LogP contribution in [0.15, 0.2) is 98.1 Å². The summed E-state index contributed by atoms with van der Waals surface area (Å²) < 4.78 is 11.8. The summed E-state index contributed by atoms with van der Waals surface area (Å²) in [7, 11) is 0. The molecular weight excluding hydrogens is 560 g/mol. The quantitative estimate of drug-likeness (QED) is 0.0702. The lowest BCUT2D eigenvalue weighted by Gasteiger charge is -2.23. The lowest BCUT2D eigenvalue weighted by molar-refractivity contribution is 0.0183. The van der Waals surface area contributed by atoms with Crippen LogP contribution in [-0.2, 0) is 19.3 Å². The molecule has 0 radical (unpaired) electrons. The summed E-state index contributed by atoms with van der Waals surface area (Å²) in [5, 5.41) is 64.6. The zero-order valence-electron chi connectivity index (χ0n) is 24.4. The van der Waals surface area contributed by atoms with E-state index in [9.17, 15) is 30.6 Å². The Morgan fingerprint density at radius 2 is 1.48 bits per heavy atom. The van der Waals surface area contributed by atoms with Gasteiger partial charge < -0.3 is 40.1 Å². The van der Waals surface area contributed by atoms with E-state index in [2.05, 4.69) is 13.2 Å². The molecule has 0 aliphatic rings. The second kappa shape index (κ2) is 14.3. The molecule has 4 rings (SSSR count). The lowest BCUT2D eigenvalue weighted by atomic mass is 9.92. The van der Waals surface area contributed by atoms with E-state index in [1.54, 1.807) is 42.5 Å². The van der Waals surface area contributed by atoms with Gasteiger partial charge in [0.05, 0.1) is 6.10 Å². The van der Waals surface area contributed by atoms with Crippen molar-refractivity contribution in [2.24, 2.45) is 0 Å². The highest BCUT2D eigenvalue weighted by Crippen LogP contribution is 2.45. The zero-order valence-corrected chi connectivity index (χ0v) is 24.4. The summed E-state index contributed by atoms with van der Waals surface area (Å²) in [5.74, 6) is -1.46. The number of allylic oxidation sites excluding steroid dienone is 3. The van der Waals surface area contributed by atoms with Crippen LogP contribution in [0.5, 0.6) is 46.0 Å². The van der Waals surface area contributed by atoms with E-state index in [1.165, 1.54) is 12.1 Å². The highest BCUT2D eigenvalue weighted by Gasteiger charge is 2.27. The number of benzene rings is 4. The molecule has 0 heterocycles. The third-order valence-electron chi connectivity index (χ3n) is 6.96. The molecule has 6 N–H and O–H groups in total. The Labute approximate surface area is 256 Å². The average molecular weight is 597 g/mol. The van der Waals surface area contributed by atoms with Gasteiger partial charge in [0.25, 0.3) is 0 Å². The van der Waals surface area contributed by atoms with Crippen LogP contribution in [0.4, 0.5) is 0 Å². The van der Waals surface area contributed by atoms with Crippen LogP contribution in [0.25, 0.3) is 6.08 Å². The number of aliphatic hydroxyl groups is 2. The molecule has 2 unspecified atom stereocenters. The van der Waals surface area contributed by atoms with Gasteiger partial charge in [0, 0.05) is 12.0 Å². The van der Waals surface area contributed by atoms with Crippen molar-refractivity contribution in [3.05, 3.63) is 126 Å². The first-order valence-electron chi connectivity index (χ1n) is 14.0. The molecule has 0 saturated carbocycles. The molecule has 2 atom stereocenters. The van der Waals surface area contributed by atoms with Gasteiger partial charge in [-0.15, -0.1) is 13.2 Å². The van der Waals surface area contributed by atoms with Crippen LogP contribution in [0.3, 0.4) is 0 Å². The van der Waals surface area contributed by atoms with Gasteiger partial charge in [0.1, 0.15) is 17.6 Å². The second-order valence-corrected chi connectivity index (χ2v) is 10.2. The van der Waals surface area contributed by atoms with Crippen molar-refractivity contribution in [3.8, 4) is 46.0 Å². The fraction of sp³-hybridized carbons (Fsp3) is 0.167. The van der Waals surface area contributed by atoms with Crippen LogP contribution >= 0.6 is 0 Å². The Morgan fingerprint density at radius 1 is 0.773 bits per heavy atom. The van der Waals surface area contributed by atoms with E-state index in [0.717, 1.165) is 17.2 Å². The summed E-state index contributed by atoms with van der Waals surface area (Å²) in [4.78, 5) is 0. The monoisotopic (exact) mass is 596 g/mol. The summed E-state index contributed by atoms with van der Waals surface area (Å²) >= 11 is 0. The Bertz CT molecular complexity index is 1660. The zero-order chi connectivity index (χ0) is 31.8. The van der Waals surface area contributed by atoms with Crippen molar-refractivity contribution in [1.82, 2.24) is 0 Å². The fourth-order valence-electron chi connectivity index (χ4n) is 4.78. The van der Waals surface area contributed by atoms with E-state index in [4.69, 9.17) is 9.47 Å². The molecule has 0 amide bonds. The smallest absolute Gasteiger partial charge is 0.201 e. The van der Waals surface area contributed by atoms with Gasteiger partial charge in [-0.05, 0) is 84.5 Å². The van der Waals surface area contributed by atoms with E-state index >= 15 is 0 Å². The average Bonchev–Trinajstić information content (AvgIpc) is 3.00.